The summed E-state index contributed by atoms with van der Waals surface area (Å²) in [5.74, 6) is 0.167. The van der Waals surface area contributed by atoms with Gasteiger partial charge < -0.3 is 9.88 Å². The maximum Gasteiger partial charge on any atom is 0.225 e. The molecular weight excluding hydrogens is 372 g/mol. The van der Waals surface area contributed by atoms with E-state index in [1.807, 2.05) is 41.6 Å². The summed E-state index contributed by atoms with van der Waals surface area (Å²) in [4.78, 5) is 19.0. The highest BCUT2D eigenvalue weighted by Gasteiger charge is 2.34. The fraction of sp³-hybridized carbons (Fsp3) is 0.280. The van der Waals surface area contributed by atoms with Gasteiger partial charge in [0.2, 0.25) is 5.91 Å². The van der Waals surface area contributed by atoms with Gasteiger partial charge in [0.25, 0.3) is 0 Å². The molecular formula is C25H26N4O. The molecule has 0 fully saturated rings. The van der Waals surface area contributed by atoms with Crippen LogP contribution in [0.2, 0.25) is 0 Å². The number of benzene rings is 2. The smallest absolute Gasteiger partial charge is 0.225 e. The van der Waals surface area contributed by atoms with Crippen molar-refractivity contribution >= 4 is 16.8 Å². The molecule has 0 saturated heterocycles. The molecule has 1 unspecified atom stereocenters. The minimum atomic E-state index is -0.0877. The van der Waals surface area contributed by atoms with Crippen LogP contribution in [0.25, 0.3) is 10.9 Å². The Morgan fingerprint density at radius 3 is 2.63 bits per heavy atom. The Bertz CT molecular complexity index is 1200. The van der Waals surface area contributed by atoms with E-state index in [1.165, 1.54) is 10.9 Å². The molecule has 2 aromatic carbocycles. The minimum Gasteiger partial charge on any atom is -0.356 e. The molecule has 30 heavy (non-hydrogen) atoms. The SMILES string of the molecule is Cc1cc(C)n(CCC(=O)N2CCc3c([nH]c4ccccc34)C2c2ccccc2)n1. The van der Waals surface area contributed by atoms with Gasteiger partial charge in [0.05, 0.1) is 11.7 Å². The fourth-order valence-electron chi connectivity index (χ4n) is 4.74. The second-order valence-electron chi connectivity index (χ2n) is 8.11. The van der Waals surface area contributed by atoms with Crippen LogP contribution in [0, 0.1) is 13.8 Å². The van der Waals surface area contributed by atoms with Crippen molar-refractivity contribution in [3.63, 3.8) is 0 Å². The van der Waals surface area contributed by atoms with E-state index in [0.29, 0.717) is 13.0 Å². The van der Waals surface area contributed by atoms with E-state index in [2.05, 4.69) is 52.5 Å². The van der Waals surface area contributed by atoms with Crippen LogP contribution in [0.5, 0.6) is 0 Å². The Kier molecular flexibility index (Phi) is 4.66. The Labute approximate surface area is 176 Å². The van der Waals surface area contributed by atoms with Gasteiger partial charge in [-0.3, -0.25) is 9.48 Å². The van der Waals surface area contributed by atoms with Crippen molar-refractivity contribution in [2.75, 3.05) is 6.54 Å². The molecule has 1 atom stereocenters. The summed E-state index contributed by atoms with van der Waals surface area (Å²) in [6.45, 7) is 5.36. The quantitative estimate of drug-likeness (QED) is 0.548. The van der Waals surface area contributed by atoms with Gasteiger partial charge >= 0.3 is 0 Å². The molecule has 5 heteroatoms. The number of aromatic amines is 1. The van der Waals surface area contributed by atoms with Crippen LogP contribution < -0.4 is 0 Å². The summed E-state index contributed by atoms with van der Waals surface area (Å²) in [6, 6.07) is 20.7. The lowest BCUT2D eigenvalue weighted by Crippen LogP contribution is -2.41. The summed E-state index contributed by atoms with van der Waals surface area (Å²) < 4.78 is 1.93. The summed E-state index contributed by atoms with van der Waals surface area (Å²) in [5.41, 5.74) is 6.85. The van der Waals surface area contributed by atoms with Crippen molar-refractivity contribution < 1.29 is 4.79 Å². The molecule has 0 aliphatic carbocycles. The Balaban J connectivity index is 1.49. The predicted octanol–water partition coefficient (Wildman–Crippen LogP) is 4.55. The maximum absolute atomic E-state index is 13.4. The van der Waals surface area contributed by atoms with E-state index in [-0.39, 0.29) is 11.9 Å². The van der Waals surface area contributed by atoms with Crippen molar-refractivity contribution in [2.45, 2.75) is 39.3 Å². The van der Waals surface area contributed by atoms with E-state index in [0.717, 1.165) is 41.1 Å². The van der Waals surface area contributed by atoms with Crippen LogP contribution in [0.3, 0.4) is 0 Å². The van der Waals surface area contributed by atoms with Crippen LogP contribution in [0.4, 0.5) is 0 Å². The molecule has 1 aliphatic heterocycles. The molecule has 2 aromatic heterocycles. The van der Waals surface area contributed by atoms with Crippen LogP contribution in [-0.2, 0) is 17.8 Å². The van der Waals surface area contributed by atoms with Gasteiger partial charge in [-0.2, -0.15) is 5.10 Å². The maximum atomic E-state index is 13.4. The molecule has 3 heterocycles. The van der Waals surface area contributed by atoms with E-state index < -0.39 is 0 Å². The third-order valence-corrected chi connectivity index (χ3v) is 6.11. The monoisotopic (exact) mass is 398 g/mol. The van der Waals surface area contributed by atoms with Crippen LogP contribution in [0.15, 0.2) is 60.7 Å². The number of hydrogen-bond acceptors (Lipinski definition) is 2. The lowest BCUT2D eigenvalue weighted by atomic mass is 9.92. The number of hydrogen-bond donors (Lipinski definition) is 1. The number of fused-ring (bicyclic) bond motifs is 3. The van der Waals surface area contributed by atoms with E-state index in [9.17, 15) is 4.79 Å². The molecule has 0 spiro atoms. The molecule has 152 valence electrons. The lowest BCUT2D eigenvalue weighted by Gasteiger charge is -2.36. The van der Waals surface area contributed by atoms with Crippen molar-refractivity contribution in [1.29, 1.82) is 0 Å². The van der Waals surface area contributed by atoms with E-state index >= 15 is 0 Å². The van der Waals surface area contributed by atoms with Crippen LogP contribution in [-0.4, -0.2) is 32.1 Å². The number of carbonyl (C=O) groups excluding carboxylic acids is 1. The van der Waals surface area contributed by atoms with E-state index in [4.69, 9.17) is 0 Å². The first kappa shape index (κ1) is 18.7. The Hall–Kier alpha value is -3.34. The third-order valence-electron chi connectivity index (χ3n) is 6.11. The second-order valence-corrected chi connectivity index (χ2v) is 8.11. The molecule has 0 bridgehead atoms. The van der Waals surface area contributed by atoms with Gasteiger partial charge in [-0.15, -0.1) is 0 Å². The molecule has 1 N–H and O–H groups in total. The van der Waals surface area contributed by atoms with Crippen molar-refractivity contribution in [3.8, 4) is 0 Å². The Morgan fingerprint density at radius 2 is 1.87 bits per heavy atom. The largest absolute Gasteiger partial charge is 0.356 e. The summed E-state index contributed by atoms with van der Waals surface area (Å²) in [5, 5.41) is 5.78. The van der Waals surface area contributed by atoms with Crippen molar-refractivity contribution in [1.82, 2.24) is 19.7 Å². The number of rotatable bonds is 4. The first-order valence-corrected chi connectivity index (χ1v) is 10.6. The number of carbonyl (C=O) groups is 1. The predicted molar refractivity (Wildman–Crippen MR) is 118 cm³/mol. The van der Waals surface area contributed by atoms with Crippen molar-refractivity contribution in [3.05, 3.63) is 88.9 Å². The average molecular weight is 399 g/mol. The molecule has 5 rings (SSSR count). The number of amides is 1. The number of nitrogens with zero attached hydrogens (tertiary/aromatic N) is 3. The fourth-order valence-corrected chi connectivity index (χ4v) is 4.74. The number of para-hydroxylation sites is 1. The average Bonchev–Trinajstić information content (AvgIpc) is 3.30. The number of nitrogens with one attached hydrogen (secondary N) is 1. The highest BCUT2D eigenvalue weighted by atomic mass is 16.2. The van der Waals surface area contributed by atoms with Gasteiger partial charge in [-0.25, -0.2) is 0 Å². The molecule has 1 amide bonds. The van der Waals surface area contributed by atoms with Crippen LogP contribution >= 0.6 is 0 Å². The zero-order chi connectivity index (χ0) is 20.7. The zero-order valence-electron chi connectivity index (χ0n) is 17.4. The lowest BCUT2D eigenvalue weighted by molar-refractivity contribution is -0.133. The van der Waals surface area contributed by atoms with Crippen LogP contribution in [0.1, 0.15) is 40.7 Å². The highest BCUT2D eigenvalue weighted by molar-refractivity contribution is 5.86. The standard InChI is InChI=1S/C25H26N4O/c1-17-16-18(2)29(27-17)15-13-23(30)28-14-12-21-20-10-6-7-11-22(20)26-24(21)25(28)19-8-4-3-5-9-19/h3-11,16,25-26H,12-15H2,1-2H3. The first-order valence-electron chi connectivity index (χ1n) is 10.6. The third kappa shape index (κ3) is 3.20. The number of aromatic nitrogens is 3. The van der Waals surface area contributed by atoms with Gasteiger partial charge in [0.1, 0.15) is 0 Å². The normalized spacial score (nSPS) is 16.1. The van der Waals surface area contributed by atoms with E-state index in [1.54, 1.807) is 0 Å². The van der Waals surface area contributed by atoms with Gasteiger partial charge in [0.15, 0.2) is 0 Å². The number of aryl methyl sites for hydroxylation is 3. The zero-order valence-corrected chi connectivity index (χ0v) is 17.4. The summed E-state index contributed by atoms with van der Waals surface area (Å²) >= 11 is 0. The Morgan fingerprint density at radius 1 is 1.10 bits per heavy atom. The van der Waals surface area contributed by atoms with Gasteiger partial charge in [-0.05, 0) is 43.5 Å². The molecule has 5 nitrogen and oxygen atoms in total. The topological polar surface area (TPSA) is 53.9 Å². The molecule has 4 aromatic rings. The highest BCUT2D eigenvalue weighted by Crippen LogP contribution is 2.38. The summed E-state index contributed by atoms with van der Waals surface area (Å²) in [6.07, 6.45) is 1.31. The second kappa shape index (κ2) is 7.48. The van der Waals surface area contributed by atoms with Gasteiger partial charge in [-0.1, -0.05) is 48.5 Å². The first-order chi connectivity index (χ1) is 14.6. The number of H-pyrrole nitrogens is 1. The van der Waals surface area contributed by atoms with Crippen molar-refractivity contribution in [2.24, 2.45) is 0 Å². The molecule has 0 saturated carbocycles. The molecule has 1 aliphatic rings. The summed E-state index contributed by atoms with van der Waals surface area (Å²) in [7, 11) is 0. The van der Waals surface area contributed by atoms with Gasteiger partial charge in [0, 0.05) is 41.8 Å². The molecule has 0 radical (unpaired) electrons. The minimum absolute atomic E-state index is 0.0877.